The zero-order valence-electron chi connectivity index (χ0n) is 10.5. The van der Waals surface area contributed by atoms with Crippen LogP contribution >= 0.6 is 47.8 Å². The highest BCUT2D eigenvalue weighted by atomic mass is 79.9. The topological polar surface area (TPSA) is 3.24 Å². The molecule has 0 aromatic heterocycles. The van der Waals surface area contributed by atoms with E-state index in [0.717, 1.165) is 20.8 Å². The summed E-state index contributed by atoms with van der Waals surface area (Å²) in [5.74, 6) is 0. The molecule has 0 aliphatic heterocycles. The van der Waals surface area contributed by atoms with Crippen LogP contribution in [0, 0.1) is 0 Å². The molecule has 0 unspecified atom stereocenters. The molecular formula is C15H14Br3N. The summed E-state index contributed by atoms with van der Waals surface area (Å²) in [5, 5.41) is 0.849. The molecule has 2 aromatic rings. The van der Waals surface area contributed by atoms with E-state index in [0.29, 0.717) is 0 Å². The van der Waals surface area contributed by atoms with E-state index in [-0.39, 0.29) is 0 Å². The lowest BCUT2D eigenvalue weighted by Crippen LogP contribution is -2.18. The molecule has 0 aliphatic rings. The van der Waals surface area contributed by atoms with Crippen LogP contribution in [0.25, 0.3) is 0 Å². The number of anilines is 1. The molecule has 0 saturated carbocycles. The number of benzene rings is 2. The smallest absolute Gasteiger partial charge is 0.0437 e. The van der Waals surface area contributed by atoms with Gasteiger partial charge in [-0.1, -0.05) is 66.0 Å². The molecule has 4 heteroatoms. The third-order valence-electron chi connectivity index (χ3n) is 2.96. The molecule has 0 saturated heterocycles. The first-order chi connectivity index (χ1) is 9.11. The van der Waals surface area contributed by atoms with Gasteiger partial charge in [0.1, 0.15) is 0 Å². The fourth-order valence-electron chi connectivity index (χ4n) is 2.00. The van der Waals surface area contributed by atoms with Crippen LogP contribution < -0.4 is 4.90 Å². The van der Waals surface area contributed by atoms with Crippen molar-refractivity contribution in [1.29, 1.82) is 0 Å². The second-order valence-electron chi connectivity index (χ2n) is 4.35. The van der Waals surface area contributed by atoms with Gasteiger partial charge in [0.25, 0.3) is 0 Å². The second-order valence-corrected chi connectivity index (χ2v) is 6.68. The zero-order valence-corrected chi connectivity index (χ0v) is 15.3. The van der Waals surface area contributed by atoms with Gasteiger partial charge in [0.05, 0.1) is 0 Å². The largest absolute Gasteiger partial charge is 0.370 e. The van der Waals surface area contributed by atoms with E-state index in [1.807, 2.05) is 6.07 Å². The molecule has 0 amide bonds. The molecule has 0 heterocycles. The van der Waals surface area contributed by atoms with E-state index in [2.05, 4.69) is 96.1 Å². The highest BCUT2D eigenvalue weighted by Crippen LogP contribution is 2.28. The van der Waals surface area contributed by atoms with Gasteiger partial charge >= 0.3 is 0 Å². The molecule has 1 nitrogen and oxygen atoms in total. The first-order valence-electron chi connectivity index (χ1n) is 5.90. The Balaban J connectivity index is 2.25. The lowest BCUT2D eigenvalue weighted by molar-refractivity contribution is 0.912. The highest BCUT2D eigenvalue weighted by Gasteiger charge is 2.09. The minimum Gasteiger partial charge on any atom is -0.370 e. The maximum Gasteiger partial charge on any atom is 0.0437 e. The summed E-state index contributed by atoms with van der Waals surface area (Å²) in [7, 11) is 2.12. The Hall–Kier alpha value is -0.320. The van der Waals surface area contributed by atoms with Gasteiger partial charge in [-0.3, -0.25) is 0 Å². The van der Waals surface area contributed by atoms with E-state index < -0.39 is 0 Å². The van der Waals surface area contributed by atoms with Crippen LogP contribution in [0.15, 0.2) is 51.4 Å². The summed E-state index contributed by atoms with van der Waals surface area (Å²) in [4.78, 5) is 2.27. The minimum absolute atomic E-state index is 0.849. The van der Waals surface area contributed by atoms with Crippen LogP contribution in [0.4, 0.5) is 5.69 Å². The monoisotopic (exact) mass is 445 g/mol. The predicted octanol–water partition coefficient (Wildman–Crippen LogP) is 5.74. The van der Waals surface area contributed by atoms with E-state index in [9.17, 15) is 0 Å². The maximum absolute atomic E-state index is 3.60. The number of hydrogen-bond donors (Lipinski definition) is 0. The lowest BCUT2D eigenvalue weighted by Gasteiger charge is -2.23. The fraction of sp³-hybridized carbons (Fsp3) is 0.200. The lowest BCUT2D eigenvalue weighted by atomic mass is 10.1. The summed E-state index contributed by atoms with van der Waals surface area (Å²) < 4.78 is 2.26. The molecule has 0 radical (unpaired) electrons. The summed E-state index contributed by atoms with van der Waals surface area (Å²) in [6.45, 7) is 0.878. The molecule has 0 fully saturated rings. The Morgan fingerprint density at radius 2 is 1.74 bits per heavy atom. The Morgan fingerprint density at radius 1 is 1.00 bits per heavy atom. The zero-order chi connectivity index (χ0) is 13.8. The quantitative estimate of drug-likeness (QED) is 0.540. The average molecular weight is 448 g/mol. The molecule has 0 spiro atoms. The first-order valence-corrected chi connectivity index (χ1v) is 8.61. The molecular weight excluding hydrogens is 434 g/mol. The number of halogens is 3. The molecule has 0 atom stereocenters. The minimum atomic E-state index is 0.849. The van der Waals surface area contributed by atoms with Crippen molar-refractivity contribution in [2.24, 2.45) is 0 Å². The summed E-state index contributed by atoms with van der Waals surface area (Å²) >= 11 is 10.7. The van der Waals surface area contributed by atoms with Crippen LogP contribution in [0.5, 0.6) is 0 Å². The normalized spacial score (nSPS) is 10.5. The van der Waals surface area contributed by atoms with Crippen molar-refractivity contribution in [2.45, 2.75) is 11.9 Å². The summed E-state index contributed by atoms with van der Waals surface area (Å²) in [6, 6.07) is 14.7. The van der Waals surface area contributed by atoms with E-state index in [1.54, 1.807) is 0 Å². The third kappa shape index (κ3) is 3.83. The van der Waals surface area contributed by atoms with Gasteiger partial charge in [-0.05, 0) is 35.4 Å². The Bertz CT molecular complexity index is 569. The molecule has 0 aliphatic carbocycles. The molecule has 2 aromatic carbocycles. The van der Waals surface area contributed by atoms with Gasteiger partial charge < -0.3 is 4.90 Å². The van der Waals surface area contributed by atoms with Crippen LogP contribution in [-0.2, 0) is 11.9 Å². The van der Waals surface area contributed by atoms with Crippen molar-refractivity contribution in [3.63, 3.8) is 0 Å². The molecule has 0 bridgehead atoms. The maximum atomic E-state index is 3.60. The standard InChI is InChI=1S/C15H14Br3N/c1-19(10-11-4-2-3-5-14(11)18)15-7-6-13(17)8-12(15)9-16/h2-8H,9-10H2,1H3. The van der Waals surface area contributed by atoms with Crippen molar-refractivity contribution in [2.75, 3.05) is 11.9 Å². The van der Waals surface area contributed by atoms with E-state index >= 15 is 0 Å². The Kier molecular flexibility index (Phi) is 5.48. The summed E-state index contributed by atoms with van der Waals surface area (Å²) in [5.41, 5.74) is 3.81. The van der Waals surface area contributed by atoms with Gasteiger partial charge in [-0.25, -0.2) is 0 Å². The first kappa shape index (κ1) is 15.1. The fourth-order valence-corrected chi connectivity index (χ4v) is 3.27. The second kappa shape index (κ2) is 6.91. The Morgan fingerprint density at radius 3 is 2.42 bits per heavy atom. The highest BCUT2D eigenvalue weighted by molar-refractivity contribution is 9.10. The predicted molar refractivity (Wildman–Crippen MR) is 93.0 cm³/mol. The van der Waals surface area contributed by atoms with Gasteiger partial charge in [-0.2, -0.15) is 0 Å². The van der Waals surface area contributed by atoms with Gasteiger partial charge in [0, 0.05) is 33.6 Å². The van der Waals surface area contributed by atoms with Crippen molar-refractivity contribution in [3.8, 4) is 0 Å². The van der Waals surface area contributed by atoms with Crippen molar-refractivity contribution < 1.29 is 0 Å². The average Bonchev–Trinajstić information content (AvgIpc) is 2.41. The van der Waals surface area contributed by atoms with Crippen LogP contribution in [0.1, 0.15) is 11.1 Å². The van der Waals surface area contributed by atoms with Gasteiger partial charge in [-0.15, -0.1) is 0 Å². The molecule has 0 N–H and O–H groups in total. The molecule has 2 rings (SSSR count). The van der Waals surface area contributed by atoms with Crippen molar-refractivity contribution >= 4 is 53.5 Å². The van der Waals surface area contributed by atoms with Gasteiger partial charge in [0.2, 0.25) is 0 Å². The molecule has 19 heavy (non-hydrogen) atoms. The summed E-state index contributed by atoms with van der Waals surface area (Å²) in [6.07, 6.45) is 0. The van der Waals surface area contributed by atoms with Crippen LogP contribution in [0.3, 0.4) is 0 Å². The molecule has 100 valence electrons. The number of hydrogen-bond acceptors (Lipinski definition) is 1. The van der Waals surface area contributed by atoms with Crippen LogP contribution in [0.2, 0.25) is 0 Å². The van der Waals surface area contributed by atoms with E-state index in [4.69, 9.17) is 0 Å². The van der Waals surface area contributed by atoms with E-state index in [1.165, 1.54) is 16.8 Å². The van der Waals surface area contributed by atoms with Crippen molar-refractivity contribution in [1.82, 2.24) is 0 Å². The number of alkyl halides is 1. The SMILES string of the molecule is CN(Cc1ccccc1Br)c1ccc(Br)cc1CBr. The van der Waals surface area contributed by atoms with Gasteiger partial charge in [0.15, 0.2) is 0 Å². The number of nitrogens with zero attached hydrogens (tertiary/aromatic N) is 1. The van der Waals surface area contributed by atoms with Crippen LogP contribution in [-0.4, -0.2) is 7.05 Å². The third-order valence-corrected chi connectivity index (χ3v) is 4.83. The number of rotatable bonds is 4. The Labute approximate surface area is 139 Å². The van der Waals surface area contributed by atoms with Crippen molar-refractivity contribution in [3.05, 3.63) is 62.5 Å².